The molecule has 0 fully saturated rings. The molecule has 1 N–H and O–H groups in total. The summed E-state index contributed by atoms with van der Waals surface area (Å²) in [5, 5.41) is 6.32. The normalized spacial score (nSPS) is 10.5. The first-order valence-electron chi connectivity index (χ1n) is 5.72. The van der Waals surface area contributed by atoms with Gasteiger partial charge in [0.1, 0.15) is 23.9 Å². The number of nitrogens with zero attached hydrogens (tertiary/aromatic N) is 2. The highest BCUT2D eigenvalue weighted by Crippen LogP contribution is 2.17. The van der Waals surface area contributed by atoms with Crippen LogP contribution in [-0.2, 0) is 11.3 Å². The number of nitrogens with one attached hydrogen (secondary N) is 1. The van der Waals surface area contributed by atoms with Crippen LogP contribution in [0.5, 0.6) is 0 Å². The monoisotopic (exact) mass is 265 g/mol. The lowest BCUT2D eigenvalue weighted by Crippen LogP contribution is -2.21. The fourth-order valence-corrected chi connectivity index (χ4v) is 1.77. The Kier molecular flexibility index (Phi) is 3.59. The van der Waals surface area contributed by atoms with E-state index in [4.69, 9.17) is 0 Å². The summed E-state index contributed by atoms with van der Waals surface area (Å²) < 4.78 is 28.2. The van der Waals surface area contributed by atoms with Crippen LogP contribution in [0.15, 0.2) is 24.3 Å². The maximum Gasteiger partial charge on any atom is 0.246 e. The van der Waals surface area contributed by atoms with Crippen molar-refractivity contribution in [3.8, 4) is 0 Å². The van der Waals surface area contributed by atoms with Gasteiger partial charge in [-0.15, -0.1) is 0 Å². The number of halogens is 2. The number of amides is 1. The molecule has 0 bridgehead atoms. The van der Waals surface area contributed by atoms with Crippen LogP contribution in [-0.4, -0.2) is 15.7 Å². The van der Waals surface area contributed by atoms with E-state index in [9.17, 15) is 13.6 Å². The molecule has 1 amide bonds. The summed E-state index contributed by atoms with van der Waals surface area (Å²) in [5.74, 6) is -2.14. The molecule has 0 atom stereocenters. The molecule has 2 rings (SSSR count). The summed E-state index contributed by atoms with van der Waals surface area (Å²) in [4.78, 5) is 11.7. The highest BCUT2D eigenvalue weighted by Gasteiger charge is 2.13. The maximum atomic E-state index is 13.4. The van der Waals surface area contributed by atoms with E-state index >= 15 is 0 Å². The molecule has 0 radical (unpaired) electrons. The summed E-state index contributed by atoms with van der Waals surface area (Å²) in [6.07, 6.45) is 0. The molecule has 4 nitrogen and oxygen atoms in total. The minimum absolute atomic E-state index is 0.0898. The minimum atomic E-state index is -0.804. The number of para-hydroxylation sites is 1. The summed E-state index contributed by atoms with van der Waals surface area (Å²) >= 11 is 0. The Morgan fingerprint density at radius 1 is 1.32 bits per heavy atom. The number of hydrogen-bond donors (Lipinski definition) is 1. The van der Waals surface area contributed by atoms with E-state index < -0.39 is 23.2 Å². The molecule has 100 valence electrons. The van der Waals surface area contributed by atoms with Gasteiger partial charge in [-0.2, -0.15) is 5.10 Å². The van der Waals surface area contributed by atoms with Crippen molar-refractivity contribution in [1.82, 2.24) is 9.78 Å². The van der Waals surface area contributed by atoms with E-state index in [0.29, 0.717) is 0 Å². The molecule has 1 aromatic heterocycles. The Balaban J connectivity index is 2.12. The summed E-state index contributed by atoms with van der Waals surface area (Å²) in [7, 11) is 0. The van der Waals surface area contributed by atoms with Gasteiger partial charge >= 0.3 is 0 Å². The van der Waals surface area contributed by atoms with Gasteiger partial charge in [-0.25, -0.2) is 8.78 Å². The fraction of sp³-hybridized carbons (Fsp3) is 0.231. The first kappa shape index (κ1) is 13.2. The summed E-state index contributed by atoms with van der Waals surface area (Å²) in [6.45, 7) is 3.52. The van der Waals surface area contributed by atoms with E-state index in [1.165, 1.54) is 10.7 Å². The van der Waals surface area contributed by atoms with Crippen molar-refractivity contribution in [3.63, 3.8) is 0 Å². The lowest BCUT2D eigenvalue weighted by molar-refractivity contribution is -0.117. The first-order chi connectivity index (χ1) is 8.97. The van der Waals surface area contributed by atoms with Crippen LogP contribution < -0.4 is 5.32 Å². The van der Waals surface area contributed by atoms with Crippen LogP contribution in [0.1, 0.15) is 11.4 Å². The van der Waals surface area contributed by atoms with Gasteiger partial charge in [-0.3, -0.25) is 9.48 Å². The highest BCUT2D eigenvalue weighted by atomic mass is 19.1. The number of aryl methyl sites for hydroxylation is 2. The van der Waals surface area contributed by atoms with Gasteiger partial charge in [0.05, 0.1) is 5.69 Å². The molecule has 0 spiro atoms. The topological polar surface area (TPSA) is 46.9 Å². The van der Waals surface area contributed by atoms with E-state index in [2.05, 4.69) is 10.4 Å². The third-order valence-electron chi connectivity index (χ3n) is 2.62. The first-order valence-corrected chi connectivity index (χ1v) is 5.72. The number of carbonyl (C=O) groups is 1. The Morgan fingerprint density at radius 2 is 1.95 bits per heavy atom. The van der Waals surface area contributed by atoms with Crippen molar-refractivity contribution in [3.05, 3.63) is 47.3 Å². The SMILES string of the molecule is Cc1cc(C)n(CC(=O)Nc2c(F)cccc2F)n1. The van der Waals surface area contributed by atoms with E-state index in [0.717, 1.165) is 23.5 Å². The van der Waals surface area contributed by atoms with E-state index in [1.807, 2.05) is 6.07 Å². The smallest absolute Gasteiger partial charge is 0.246 e. The van der Waals surface area contributed by atoms with Crippen molar-refractivity contribution in [2.75, 3.05) is 5.32 Å². The van der Waals surface area contributed by atoms with Gasteiger partial charge in [-0.05, 0) is 32.0 Å². The number of carbonyl (C=O) groups excluding carboxylic acids is 1. The van der Waals surface area contributed by atoms with Crippen LogP contribution in [0.25, 0.3) is 0 Å². The zero-order valence-electron chi connectivity index (χ0n) is 10.6. The second-order valence-corrected chi connectivity index (χ2v) is 4.23. The zero-order valence-corrected chi connectivity index (χ0v) is 10.6. The highest BCUT2D eigenvalue weighted by molar-refractivity contribution is 5.90. The molecular weight excluding hydrogens is 252 g/mol. The van der Waals surface area contributed by atoms with Gasteiger partial charge in [0.2, 0.25) is 5.91 Å². The zero-order chi connectivity index (χ0) is 14.0. The molecule has 0 saturated carbocycles. The largest absolute Gasteiger partial charge is 0.320 e. The standard InChI is InChI=1S/C13H13F2N3O/c1-8-6-9(2)18(17-8)7-12(19)16-13-10(14)4-3-5-11(13)15/h3-6H,7H2,1-2H3,(H,16,19). The number of hydrogen-bond acceptors (Lipinski definition) is 2. The van der Waals surface area contributed by atoms with Crippen molar-refractivity contribution in [1.29, 1.82) is 0 Å². The average molecular weight is 265 g/mol. The molecule has 6 heteroatoms. The van der Waals surface area contributed by atoms with Crippen LogP contribution in [0, 0.1) is 25.5 Å². The number of anilines is 1. The Morgan fingerprint density at radius 3 is 2.47 bits per heavy atom. The van der Waals surface area contributed by atoms with Crippen LogP contribution in [0.4, 0.5) is 14.5 Å². The summed E-state index contributed by atoms with van der Waals surface area (Å²) in [6, 6.07) is 5.22. The molecule has 0 unspecified atom stereocenters. The van der Waals surface area contributed by atoms with Gasteiger partial charge in [-0.1, -0.05) is 6.07 Å². The van der Waals surface area contributed by atoms with Gasteiger partial charge in [0.15, 0.2) is 0 Å². The molecule has 0 saturated heterocycles. The quantitative estimate of drug-likeness (QED) is 0.926. The third-order valence-corrected chi connectivity index (χ3v) is 2.62. The lowest BCUT2D eigenvalue weighted by atomic mass is 10.3. The number of rotatable bonds is 3. The van der Waals surface area contributed by atoms with Crippen molar-refractivity contribution >= 4 is 11.6 Å². The second-order valence-electron chi connectivity index (χ2n) is 4.23. The average Bonchev–Trinajstić information content (AvgIpc) is 2.63. The molecule has 0 aliphatic carbocycles. The molecule has 0 aliphatic rings. The third kappa shape index (κ3) is 2.96. The van der Waals surface area contributed by atoms with Gasteiger partial charge in [0, 0.05) is 5.69 Å². The minimum Gasteiger partial charge on any atom is -0.320 e. The second kappa shape index (κ2) is 5.17. The van der Waals surface area contributed by atoms with E-state index in [1.54, 1.807) is 13.8 Å². The Bertz CT molecular complexity index is 602. The predicted molar refractivity (Wildman–Crippen MR) is 66.7 cm³/mol. The summed E-state index contributed by atoms with van der Waals surface area (Å²) in [5.41, 5.74) is 1.15. The van der Waals surface area contributed by atoms with Gasteiger partial charge in [0.25, 0.3) is 0 Å². The predicted octanol–water partition coefficient (Wildman–Crippen LogP) is 2.42. The van der Waals surface area contributed by atoms with Crippen LogP contribution >= 0.6 is 0 Å². The van der Waals surface area contributed by atoms with Crippen LogP contribution in [0.3, 0.4) is 0 Å². The van der Waals surface area contributed by atoms with E-state index in [-0.39, 0.29) is 6.54 Å². The fourth-order valence-electron chi connectivity index (χ4n) is 1.77. The number of aromatic nitrogens is 2. The molecular formula is C13H13F2N3O. The molecule has 19 heavy (non-hydrogen) atoms. The van der Waals surface area contributed by atoms with Gasteiger partial charge < -0.3 is 5.32 Å². The van der Waals surface area contributed by atoms with Crippen molar-refractivity contribution in [2.45, 2.75) is 20.4 Å². The molecule has 2 aromatic rings. The Hall–Kier alpha value is -2.24. The number of benzene rings is 1. The van der Waals surface area contributed by atoms with Crippen LogP contribution in [0.2, 0.25) is 0 Å². The molecule has 1 aromatic carbocycles. The lowest BCUT2D eigenvalue weighted by Gasteiger charge is -2.08. The Labute approximate surface area is 109 Å². The van der Waals surface area contributed by atoms with Crippen molar-refractivity contribution in [2.24, 2.45) is 0 Å². The molecule has 0 aliphatic heterocycles. The van der Waals surface area contributed by atoms with Crippen molar-refractivity contribution < 1.29 is 13.6 Å². The molecule has 1 heterocycles. The maximum absolute atomic E-state index is 13.4.